The SMILES string of the molecule is CC(C)(C)c1cccc(C(C)(F)C(F)(F)F)c1. The highest BCUT2D eigenvalue weighted by molar-refractivity contribution is 5.32. The normalized spacial score (nSPS) is 16.7. The van der Waals surface area contributed by atoms with E-state index in [1.165, 1.54) is 18.2 Å². The van der Waals surface area contributed by atoms with E-state index in [2.05, 4.69) is 0 Å². The Hall–Kier alpha value is -1.06. The highest BCUT2D eigenvalue weighted by Gasteiger charge is 2.53. The van der Waals surface area contributed by atoms with E-state index in [1.807, 2.05) is 20.8 Å². The van der Waals surface area contributed by atoms with Crippen LogP contribution in [0.2, 0.25) is 0 Å². The van der Waals surface area contributed by atoms with E-state index in [-0.39, 0.29) is 11.0 Å². The summed E-state index contributed by atoms with van der Waals surface area (Å²) in [5.41, 5.74) is -3.29. The molecular formula is C13H16F4. The van der Waals surface area contributed by atoms with Gasteiger partial charge in [0.05, 0.1) is 0 Å². The number of benzene rings is 1. The summed E-state index contributed by atoms with van der Waals surface area (Å²) in [6.07, 6.45) is -4.90. The van der Waals surface area contributed by atoms with Gasteiger partial charge in [0.1, 0.15) is 0 Å². The lowest BCUT2D eigenvalue weighted by Gasteiger charge is -2.26. The molecule has 0 N–H and O–H groups in total. The number of hydrogen-bond acceptors (Lipinski definition) is 0. The second kappa shape index (κ2) is 4.00. The van der Waals surface area contributed by atoms with Gasteiger partial charge < -0.3 is 0 Å². The van der Waals surface area contributed by atoms with Crippen molar-refractivity contribution in [3.05, 3.63) is 35.4 Å². The van der Waals surface area contributed by atoms with Crippen LogP contribution in [0.1, 0.15) is 38.8 Å². The molecule has 96 valence electrons. The second-order valence-electron chi connectivity index (χ2n) is 5.33. The molecule has 0 fully saturated rings. The van der Waals surface area contributed by atoms with Crippen molar-refractivity contribution in [2.75, 3.05) is 0 Å². The molecule has 1 aromatic rings. The van der Waals surface area contributed by atoms with Crippen molar-refractivity contribution in [1.29, 1.82) is 0 Å². The molecule has 0 aromatic heterocycles. The Labute approximate surface area is 98.6 Å². The maximum absolute atomic E-state index is 13.8. The molecule has 1 aromatic carbocycles. The minimum absolute atomic E-state index is 0.308. The van der Waals surface area contributed by atoms with Crippen LogP contribution in [0, 0.1) is 0 Å². The monoisotopic (exact) mass is 248 g/mol. The molecular weight excluding hydrogens is 232 g/mol. The quantitative estimate of drug-likeness (QED) is 0.630. The minimum Gasteiger partial charge on any atom is -0.229 e. The van der Waals surface area contributed by atoms with Crippen LogP contribution in [-0.2, 0) is 11.1 Å². The molecule has 0 heterocycles. The summed E-state index contributed by atoms with van der Waals surface area (Å²) in [5, 5.41) is 0. The average molecular weight is 248 g/mol. The summed E-state index contributed by atoms with van der Waals surface area (Å²) in [5.74, 6) is 0. The molecule has 0 radical (unpaired) electrons. The van der Waals surface area contributed by atoms with E-state index in [1.54, 1.807) is 6.07 Å². The fourth-order valence-corrected chi connectivity index (χ4v) is 1.44. The molecule has 0 aliphatic rings. The highest BCUT2D eigenvalue weighted by atomic mass is 19.4. The van der Waals surface area contributed by atoms with Crippen molar-refractivity contribution in [2.24, 2.45) is 0 Å². The number of rotatable bonds is 1. The Kier molecular flexibility index (Phi) is 3.29. The van der Waals surface area contributed by atoms with Crippen molar-refractivity contribution >= 4 is 0 Å². The largest absolute Gasteiger partial charge is 0.426 e. The Morgan fingerprint density at radius 2 is 1.29 bits per heavy atom. The van der Waals surface area contributed by atoms with Gasteiger partial charge in [-0.15, -0.1) is 0 Å². The smallest absolute Gasteiger partial charge is 0.229 e. The summed E-state index contributed by atoms with van der Waals surface area (Å²) in [4.78, 5) is 0. The first-order valence-corrected chi connectivity index (χ1v) is 5.33. The van der Waals surface area contributed by atoms with Crippen molar-refractivity contribution in [3.8, 4) is 0 Å². The van der Waals surface area contributed by atoms with E-state index < -0.39 is 11.8 Å². The van der Waals surface area contributed by atoms with Crippen LogP contribution in [-0.4, -0.2) is 6.18 Å². The first kappa shape index (κ1) is 14.0. The number of halogens is 4. The Balaban J connectivity index is 3.26. The van der Waals surface area contributed by atoms with Crippen molar-refractivity contribution in [2.45, 2.75) is 45.0 Å². The highest BCUT2D eigenvalue weighted by Crippen LogP contribution is 2.42. The standard InChI is InChI=1S/C13H16F4/c1-11(2,3)9-6-5-7-10(8-9)12(4,14)13(15,16)17/h5-8H,1-4H3. The molecule has 0 nitrogen and oxygen atoms in total. The Morgan fingerprint density at radius 1 is 0.824 bits per heavy atom. The third-order valence-corrected chi connectivity index (χ3v) is 2.80. The van der Waals surface area contributed by atoms with Gasteiger partial charge in [-0.2, -0.15) is 13.2 Å². The van der Waals surface area contributed by atoms with Crippen LogP contribution in [0.25, 0.3) is 0 Å². The Morgan fingerprint density at radius 3 is 1.71 bits per heavy atom. The lowest BCUT2D eigenvalue weighted by atomic mass is 9.84. The zero-order valence-corrected chi connectivity index (χ0v) is 10.3. The molecule has 1 rings (SSSR count). The molecule has 1 atom stereocenters. The van der Waals surface area contributed by atoms with E-state index in [9.17, 15) is 17.6 Å². The summed E-state index contributed by atoms with van der Waals surface area (Å²) in [6, 6.07) is 5.62. The molecule has 0 aliphatic heterocycles. The third kappa shape index (κ3) is 2.79. The van der Waals surface area contributed by atoms with Gasteiger partial charge in [-0.3, -0.25) is 0 Å². The van der Waals surface area contributed by atoms with Crippen LogP contribution in [0.4, 0.5) is 17.6 Å². The zero-order valence-electron chi connectivity index (χ0n) is 10.3. The second-order valence-corrected chi connectivity index (χ2v) is 5.33. The van der Waals surface area contributed by atoms with Crippen molar-refractivity contribution < 1.29 is 17.6 Å². The average Bonchev–Trinajstić information content (AvgIpc) is 2.15. The molecule has 17 heavy (non-hydrogen) atoms. The van der Waals surface area contributed by atoms with Gasteiger partial charge in [-0.05, 0) is 23.5 Å². The summed E-state index contributed by atoms with van der Waals surface area (Å²) in [6.45, 7) is 6.16. The maximum Gasteiger partial charge on any atom is 0.426 e. The van der Waals surface area contributed by atoms with Gasteiger partial charge >= 0.3 is 6.18 Å². The number of hydrogen-bond donors (Lipinski definition) is 0. The van der Waals surface area contributed by atoms with Gasteiger partial charge in [0.15, 0.2) is 0 Å². The van der Waals surface area contributed by atoms with Crippen LogP contribution in [0.5, 0.6) is 0 Å². The molecule has 4 heteroatoms. The molecule has 0 spiro atoms. The van der Waals surface area contributed by atoms with E-state index in [0.29, 0.717) is 12.5 Å². The van der Waals surface area contributed by atoms with Crippen molar-refractivity contribution in [3.63, 3.8) is 0 Å². The molecule has 0 saturated heterocycles. The van der Waals surface area contributed by atoms with Gasteiger partial charge in [0, 0.05) is 0 Å². The lowest BCUT2D eigenvalue weighted by Crippen LogP contribution is -2.35. The predicted molar refractivity (Wildman–Crippen MR) is 59.7 cm³/mol. The molecule has 0 saturated carbocycles. The first-order chi connectivity index (χ1) is 7.46. The molecule has 0 bridgehead atoms. The lowest BCUT2D eigenvalue weighted by molar-refractivity contribution is -0.228. The third-order valence-electron chi connectivity index (χ3n) is 2.80. The van der Waals surface area contributed by atoms with Crippen molar-refractivity contribution in [1.82, 2.24) is 0 Å². The molecule has 0 aliphatic carbocycles. The Bertz CT molecular complexity index is 397. The molecule has 0 amide bonds. The fraction of sp³-hybridized carbons (Fsp3) is 0.538. The zero-order chi connectivity index (χ0) is 13.5. The minimum atomic E-state index is -4.90. The summed E-state index contributed by atoms with van der Waals surface area (Å²) >= 11 is 0. The van der Waals surface area contributed by atoms with E-state index in [0.717, 1.165) is 0 Å². The van der Waals surface area contributed by atoms with Gasteiger partial charge in [0.2, 0.25) is 5.67 Å². The molecule has 1 unspecified atom stereocenters. The summed E-state index contributed by atoms with van der Waals surface area (Å²) < 4.78 is 51.5. The predicted octanol–water partition coefficient (Wildman–Crippen LogP) is 4.73. The van der Waals surface area contributed by atoms with E-state index >= 15 is 0 Å². The van der Waals surface area contributed by atoms with Crippen LogP contribution < -0.4 is 0 Å². The fourth-order valence-electron chi connectivity index (χ4n) is 1.44. The van der Waals surface area contributed by atoms with Gasteiger partial charge in [0.25, 0.3) is 0 Å². The summed E-state index contributed by atoms with van der Waals surface area (Å²) in [7, 11) is 0. The maximum atomic E-state index is 13.8. The van der Waals surface area contributed by atoms with Gasteiger partial charge in [-0.25, -0.2) is 4.39 Å². The van der Waals surface area contributed by atoms with E-state index in [4.69, 9.17) is 0 Å². The van der Waals surface area contributed by atoms with Crippen LogP contribution in [0.15, 0.2) is 24.3 Å². The first-order valence-electron chi connectivity index (χ1n) is 5.33. The van der Waals surface area contributed by atoms with Crippen LogP contribution >= 0.6 is 0 Å². The van der Waals surface area contributed by atoms with Gasteiger partial charge in [-0.1, -0.05) is 45.0 Å². The van der Waals surface area contributed by atoms with Crippen LogP contribution in [0.3, 0.4) is 0 Å². The number of alkyl halides is 4. The topological polar surface area (TPSA) is 0 Å².